The minimum absolute atomic E-state index is 0.0973. The van der Waals surface area contributed by atoms with Gasteiger partial charge in [0.05, 0.1) is 0 Å². The summed E-state index contributed by atoms with van der Waals surface area (Å²) in [4.78, 5) is 16.1. The summed E-state index contributed by atoms with van der Waals surface area (Å²) < 4.78 is 0. The van der Waals surface area contributed by atoms with E-state index in [-0.39, 0.29) is 5.78 Å². The molecule has 2 heteroatoms. The van der Waals surface area contributed by atoms with Gasteiger partial charge in [-0.1, -0.05) is 29.8 Å². The molecular formula is C19H19NO. The maximum absolute atomic E-state index is 12.9. The number of benzene rings is 2. The third-order valence-corrected chi connectivity index (χ3v) is 3.99. The Kier molecular flexibility index (Phi) is 3.17. The summed E-state index contributed by atoms with van der Waals surface area (Å²) in [5.74, 6) is 0.0973. The average molecular weight is 277 g/mol. The Bertz CT molecular complexity index is 832. The van der Waals surface area contributed by atoms with Gasteiger partial charge in [-0.25, -0.2) is 0 Å². The van der Waals surface area contributed by atoms with Crippen LogP contribution in [0.5, 0.6) is 0 Å². The lowest BCUT2D eigenvalue weighted by Gasteiger charge is -2.10. The number of aromatic nitrogens is 1. The lowest BCUT2D eigenvalue weighted by atomic mass is 9.93. The van der Waals surface area contributed by atoms with Crippen LogP contribution >= 0.6 is 0 Å². The fraction of sp³-hybridized carbons (Fsp3) is 0.211. The number of aryl methyl sites for hydroxylation is 4. The van der Waals surface area contributed by atoms with Gasteiger partial charge in [0.1, 0.15) is 0 Å². The van der Waals surface area contributed by atoms with Gasteiger partial charge in [-0.3, -0.25) is 4.79 Å². The zero-order chi connectivity index (χ0) is 15.1. The number of ketones is 1. The van der Waals surface area contributed by atoms with Gasteiger partial charge in [-0.05, 0) is 50.5 Å². The van der Waals surface area contributed by atoms with Crippen molar-refractivity contribution >= 4 is 16.7 Å². The molecule has 0 unspecified atom stereocenters. The first-order chi connectivity index (χ1) is 9.97. The Morgan fingerprint density at radius 3 is 2.24 bits per heavy atom. The van der Waals surface area contributed by atoms with Gasteiger partial charge in [0, 0.05) is 28.2 Å². The van der Waals surface area contributed by atoms with Crippen molar-refractivity contribution in [3.05, 3.63) is 69.9 Å². The van der Waals surface area contributed by atoms with E-state index >= 15 is 0 Å². The summed E-state index contributed by atoms with van der Waals surface area (Å²) in [6.45, 7) is 8.12. The van der Waals surface area contributed by atoms with E-state index in [1.54, 1.807) is 0 Å². The number of H-pyrrole nitrogens is 1. The molecule has 0 aliphatic heterocycles. The largest absolute Gasteiger partial charge is 0.360 e. The molecule has 1 aromatic heterocycles. The van der Waals surface area contributed by atoms with Crippen molar-refractivity contribution in [3.8, 4) is 0 Å². The minimum Gasteiger partial charge on any atom is -0.360 e. The molecule has 0 spiro atoms. The van der Waals surface area contributed by atoms with E-state index in [1.165, 1.54) is 11.1 Å². The highest BCUT2D eigenvalue weighted by atomic mass is 16.1. The maximum Gasteiger partial charge on any atom is 0.195 e. The molecule has 21 heavy (non-hydrogen) atoms. The summed E-state index contributed by atoms with van der Waals surface area (Å²) in [6, 6.07) is 10.3. The van der Waals surface area contributed by atoms with E-state index in [0.29, 0.717) is 0 Å². The van der Waals surface area contributed by atoms with E-state index in [1.807, 2.05) is 32.2 Å². The summed E-state index contributed by atoms with van der Waals surface area (Å²) >= 11 is 0. The van der Waals surface area contributed by atoms with Crippen LogP contribution in [-0.2, 0) is 0 Å². The molecule has 0 amide bonds. The van der Waals surface area contributed by atoms with Crippen LogP contribution in [0.4, 0.5) is 0 Å². The fourth-order valence-corrected chi connectivity index (χ4v) is 3.10. The molecule has 2 aromatic carbocycles. The number of hydrogen-bond donors (Lipinski definition) is 1. The Hall–Kier alpha value is -2.35. The number of fused-ring (bicyclic) bond motifs is 1. The smallest absolute Gasteiger partial charge is 0.195 e. The van der Waals surface area contributed by atoms with Gasteiger partial charge in [-0.2, -0.15) is 0 Å². The monoisotopic (exact) mass is 277 g/mol. The van der Waals surface area contributed by atoms with Gasteiger partial charge in [-0.15, -0.1) is 0 Å². The second-order valence-electron chi connectivity index (χ2n) is 5.85. The number of rotatable bonds is 2. The van der Waals surface area contributed by atoms with Crippen LogP contribution in [0.1, 0.15) is 38.2 Å². The molecule has 3 rings (SSSR count). The summed E-state index contributed by atoms with van der Waals surface area (Å²) in [6.07, 6.45) is 1.82. The highest BCUT2D eigenvalue weighted by Crippen LogP contribution is 2.25. The maximum atomic E-state index is 12.9. The molecule has 106 valence electrons. The van der Waals surface area contributed by atoms with Crippen molar-refractivity contribution in [2.45, 2.75) is 27.7 Å². The first-order valence-electron chi connectivity index (χ1n) is 7.17. The van der Waals surface area contributed by atoms with Crippen molar-refractivity contribution < 1.29 is 4.79 Å². The third kappa shape index (κ3) is 2.27. The van der Waals surface area contributed by atoms with Gasteiger partial charge < -0.3 is 4.98 Å². The topological polar surface area (TPSA) is 32.9 Å². The van der Waals surface area contributed by atoms with Crippen LogP contribution in [0.2, 0.25) is 0 Å². The molecule has 0 radical (unpaired) electrons. The predicted octanol–water partition coefficient (Wildman–Crippen LogP) is 4.63. The predicted molar refractivity (Wildman–Crippen MR) is 87.1 cm³/mol. The molecule has 0 bridgehead atoms. The van der Waals surface area contributed by atoms with Crippen molar-refractivity contribution in [2.24, 2.45) is 0 Å². The lowest BCUT2D eigenvalue weighted by Crippen LogP contribution is -2.06. The van der Waals surface area contributed by atoms with Crippen LogP contribution in [0.25, 0.3) is 10.9 Å². The molecule has 0 aliphatic rings. The fourth-order valence-electron chi connectivity index (χ4n) is 3.10. The molecule has 0 atom stereocenters. The second-order valence-corrected chi connectivity index (χ2v) is 5.85. The molecular weight excluding hydrogens is 258 g/mol. The van der Waals surface area contributed by atoms with E-state index in [9.17, 15) is 4.79 Å². The normalized spacial score (nSPS) is 11.0. The summed E-state index contributed by atoms with van der Waals surface area (Å²) in [5.41, 5.74) is 7.04. The van der Waals surface area contributed by atoms with Crippen LogP contribution in [0.15, 0.2) is 36.5 Å². The third-order valence-electron chi connectivity index (χ3n) is 3.99. The first-order valence-corrected chi connectivity index (χ1v) is 7.17. The van der Waals surface area contributed by atoms with E-state index < -0.39 is 0 Å². The van der Waals surface area contributed by atoms with Crippen molar-refractivity contribution in [2.75, 3.05) is 0 Å². The quantitative estimate of drug-likeness (QED) is 0.680. The SMILES string of the molecule is Cc1cc(C)c(C(=O)c2c[nH]c3cc(C)ccc23)c(C)c1. The Labute approximate surface area is 124 Å². The highest BCUT2D eigenvalue weighted by molar-refractivity contribution is 6.17. The molecule has 0 saturated heterocycles. The Morgan fingerprint density at radius 1 is 0.905 bits per heavy atom. The van der Waals surface area contributed by atoms with E-state index in [0.717, 1.165) is 33.2 Å². The van der Waals surface area contributed by atoms with Crippen molar-refractivity contribution in [3.63, 3.8) is 0 Å². The molecule has 3 aromatic rings. The number of nitrogens with one attached hydrogen (secondary N) is 1. The standard InChI is InChI=1S/C19H19NO/c1-11-5-6-15-16(10-20-17(15)9-11)19(21)18-13(3)7-12(2)8-14(18)4/h5-10,20H,1-4H3. The molecule has 1 N–H and O–H groups in total. The number of hydrogen-bond acceptors (Lipinski definition) is 1. The number of aromatic amines is 1. The van der Waals surface area contributed by atoms with Crippen LogP contribution in [0.3, 0.4) is 0 Å². The van der Waals surface area contributed by atoms with Gasteiger partial charge >= 0.3 is 0 Å². The number of carbonyl (C=O) groups is 1. The Balaban J connectivity index is 2.18. The summed E-state index contributed by atoms with van der Waals surface area (Å²) in [7, 11) is 0. The lowest BCUT2D eigenvalue weighted by molar-refractivity contribution is 0.103. The zero-order valence-electron chi connectivity index (χ0n) is 12.9. The average Bonchev–Trinajstić information content (AvgIpc) is 2.80. The van der Waals surface area contributed by atoms with Crippen LogP contribution in [0, 0.1) is 27.7 Å². The molecule has 1 heterocycles. The molecule has 0 saturated carbocycles. The molecule has 0 fully saturated rings. The first kappa shape index (κ1) is 13.6. The van der Waals surface area contributed by atoms with Gasteiger partial charge in [0.15, 0.2) is 5.78 Å². The summed E-state index contributed by atoms with van der Waals surface area (Å²) in [5, 5.41) is 0.991. The van der Waals surface area contributed by atoms with Crippen LogP contribution < -0.4 is 0 Å². The second kappa shape index (κ2) is 4.88. The Morgan fingerprint density at radius 2 is 1.57 bits per heavy atom. The van der Waals surface area contributed by atoms with E-state index in [2.05, 4.69) is 37.0 Å². The molecule has 0 aliphatic carbocycles. The zero-order valence-corrected chi connectivity index (χ0v) is 12.9. The van der Waals surface area contributed by atoms with Crippen molar-refractivity contribution in [1.82, 2.24) is 4.98 Å². The molecule has 2 nitrogen and oxygen atoms in total. The number of carbonyl (C=O) groups excluding carboxylic acids is 1. The van der Waals surface area contributed by atoms with Gasteiger partial charge in [0.2, 0.25) is 0 Å². The van der Waals surface area contributed by atoms with Crippen LogP contribution in [-0.4, -0.2) is 10.8 Å². The van der Waals surface area contributed by atoms with Gasteiger partial charge in [0.25, 0.3) is 0 Å². The van der Waals surface area contributed by atoms with Crippen molar-refractivity contribution in [1.29, 1.82) is 0 Å². The van der Waals surface area contributed by atoms with E-state index in [4.69, 9.17) is 0 Å². The highest BCUT2D eigenvalue weighted by Gasteiger charge is 2.18. The minimum atomic E-state index is 0.0973.